The van der Waals surface area contributed by atoms with Gasteiger partial charge in [-0.15, -0.1) is 0 Å². The van der Waals surface area contributed by atoms with Crippen molar-refractivity contribution in [3.63, 3.8) is 0 Å². The van der Waals surface area contributed by atoms with E-state index in [0.717, 1.165) is 0 Å². The van der Waals surface area contributed by atoms with E-state index in [1.807, 2.05) is 16.7 Å². The number of piperazine rings is 1. The molecule has 0 saturated carbocycles. The summed E-state index contributed by atoms with van der Waals surface area (Å²) in [7, 11) is 0. The topological polar surface area (TPSA) is 146 Å². The van der Waals surface area contributed by atoms with E-state index in [4.69, 9.17) is 14.1 Å². The lowest BCUT2D eigenvalue weighted by Crippen LogP contribution is -2.50. The molecule has 2 aliphatic heterocycles. The third-order valence-corrected chi connectivity index (χ3v) is 9.65. The highest BCUT2D eigenvalue weighted by Gasteiger charge is 2.33. The fraction of sp³-hybridized carbons (Fsp3) is 0.452. The van der Waals surface area contributed by atoms with Gasteiger partial charge < -0.3 is 38.8 Å². The summed E-state index contributed by atoms with van der Waals surface area (Å²) >= 11 is 1.28. The van der Waals surface area contributed by atoms with Crippen molar-refractivity contribution in [1.82, 2.24) is 24.8 Å². The molecular weight excluding hydrogens is 655 g/mol. The number of phenolic OH excluding ortho intramolecular Hbond substituents is 1. The molecule has 48 heavy (non-hydrogen) atoms. The van der Waals surface area contributed by atoms with Gasteiger partial charge in [0.25, 0.3) is 5.91 Å². The second kappa shape index (κ2) is 13.5. The van der Waals surface area contributed by atoms with Gasteiger partial charge in [-0.25, -0.2) is 9.97 Å². The first-order valence-electron chi connectivity index (χ1n) is 15.5. The number of thiazole rings is 1. The number of fused-ring (bicyclic) bond motifs is 2. The van der Waals surface area contributed by atoms with Crippen LogP contribution < -0.4 is 20.5 Å². The summed E-state index contributed by atoms with van der Waals surface area (Å²) in [5.41, 5.74) is 0.507. The van der Waals surface area contributed by atoms with E-state index in [2.05, 4.69) is 16.9 Å². The molecule has 2 amide bonds. The number of oxazole rings is 1. The Kier molecular flexibility index (Phi) is 9.33. The fourth-order valence-electron chi connectivity index (χ4n) is 5.98. The number of halogens is 3. The Morgan fingerprint density at radius 2 is 1.83 bits per heavy atom. The molecule has 17 heteroatoms. The molecule has 0 bridgehead atoms. The van der Waals surface area contributed by atoms with Gasteiger partial charge in [0.2, 0.25) is 11.3 Å². The van der Waals surface area contributed by atoms with Gasteiger partial charge in [-0.05, 0) is 25.0 Å². The van der Waals surface area contributed by atoms with Crippen LogP contribution in [0.3, 0.4) is 0 Å². The Bertz CT molecular complexity index is 1920. The highest BCUT2D eigenvalue weighted by molar-refractivity contribution is 7.21. The van der Waals surface area contributed by atoms with Crippen LogP contribution in [-0.2, 0) is 22.5 Å². The van der Waals surface area contributed by atoms with Crippen molar-refractivity contribution in [3.8, 4) is 5.75 Å². The molecule has 256 valence electrons. The number of nitrogens with one attached hydrogen (secondary N) is 1. The summed E-state index contributed by atoms with van der Waals surface area (Å²) in [5, 5.41) is 13.6. The SMILES string of the molecule is C=C(CCNC(=O)Cn1c(CC)c(N2CCN(C(=O)c3c(O)ccc4ncoc34)CC2)c(=O)c2nc(N3CCOCC3)sc21)C(F)(F)F. The van der Waals surface area contributed by atoms with Gasteiger partial charge in [-0.2, -0.15) is 13.2 Å². The molecule has 3 aromatic heterocycles. The third-order valence-electron chi connectivity index (χ3n) is 8.51. The van der Waals surface area contributed by atoms with E-state index >= 15 is 0 Å². The van der Waals surface area contributed by atoms with Crippen molar-refractivity contribution >= 4 is 55.4 Å². The second-order valence-electron chi connectivity index (χ2n) is 11.5. The van der Waals surface area contributed by atoms with E-state index in [-0.39, 0.29) is 67.1 Å². The quantitative estimate of drug-likeness (QED) is 0.251. The number of hydrogen-bond acceptors (Lipinski definition) is 11. The predicted octanol–water partition coefficient (Wildman–Crippen LogP) is 3.29. The molecule has 1 aromatic carbocycles. The number of ether oxygens (including phenoxy) is 1. The molecule has 0 spiro atoms. The third kappa shape index (κ3) is 6.43. The number of carbonyl (C=O) groups is 2. The monoisotopic (exact) mass is 689 g/mol. The fourth-order valence-corrected chi connectivity index (χ4v) is 7.12. The normalized spacial score (nSPS) is 15.8. The van der Waals surface area contributed by atoms with Crippen LogP contribution in [0, 0.1) is 0 Å². The Morgan fingerprint density at radius 1 is 1.10 bits per heavy atom. The number of aromatic nitrogens is 3. The first-order chi connectivity index (χ1) is 23.0. The number of morpholine rings is 1. The first kappa shape index (κ1) is 33.3. The van der Waals surface area contributed by atoms with E-state index in [0.29, 0.717) is 59.6 Å². The maximum atomic E-state index is 14.2. The van der Waals surface area contributed by atoms with E-state index < -0.39 is 30.0 Å². The lowest BCUT2D eigenvalue weighted by atomic mass is 10.1. The number of pyridine rings is 1. The summed E-state index contributed by atoms with van der Waals surface area (Å²) in [6.45, 7) is 7.60. The number of aromatic hydroxyl groups is 1. The molecule has 2 N–H and O–H groups in total. The minimum Gasteiger partial charge on any atom is -0.507 e. The number of carbonyl (C=O) groups excluding carboxylic acids is 2. The average molecular weight is 690 g/mol. The molecule has 2 fully saturated rings. The minimum absolute atomic E-state index is 0.0133. The molecule has 6 rings (SSSR count). The van der Waals surface area contributed by atoms with Crippen LogP contribution in [0.25, 0.3) is 21.4 Å². The second-order valence-corrected chi connectivity index (χ2v) is 12.4. The molecule has 2 aliphatic rings. The standard InChI is InChI=1S/C31H34F3N7O6S/c1-3-20-25(38-8-10-39(11-9-38)28(45)23-21(42)5-4-19-27(23)47-17-36-19)26(44)24-29(48-30(37-24)40-12-14-46-15-13-40)41(20)16-22(43)35-7-6-18(2)31(32,33)34/h4-5,17,42H,2-3,6-16H2,1H3,(H,35,43). The van der Waals surface area contributed by atoms with Gasteiger partial charge in [0.05, 0.1) is 13.2 Å². The number of amides is 2. The van der Waals surface area contributed by atoms with Crippen LogP contribution in [0.4, 0.5) is 24.0 Å². The van der Waals surface area contributed by atoms with Gasteiger partial charge in [0.15, 0.2) is 17.1 Å². The van der Waals surface area contributed by atoms with Gasteiger partial charge in [0, 0.05) is 57.1 Å². The van der Waals surface area contributed by atoms with Crippen LogP contribution >= 0.6 is 11.3 Å². The number of rotatable bonds is 9. The lowest BCUT2D eigenvalue weighted by Gasteiger charge is -2.37. The Hall–Kier alpha value is -4.64. The van der Waals surface area contributed by atoms with E-state index in [1.165, 1.54) is 23.8 Å². The van der Waals surface area contributed by atoms with Gasteiger partial charge in [-0.1, -0.05) is 24.8 Å². The van der Waals surface area contributed by atoms with Crippen molar-refractivity contribution in [2.24, 2.45) is 0 Å². The van der Waals surface area contributed by atoms with Crippen LogP contribution in [0.1, 0.15) is 29.4 Å². The van der Waals surface area contributed by atoms with Crippen molar-refractivity contribution in [2.45, 2.75) is 32.5 Å². The minimum atomic E-state index is -4.54. The van der Waals surface area contributed by atoms with Gasteiger partial charge in [0.1, 0.15) is 39.4 Å². The van der Waals surface area contributed by atoms with E-state index in [1.54, 1.807) is 15.5 Å². The summed E-state index contributed by atoms with van der Waals surface area (Å²) in [5.74, 6) is -1.18. The number of nitrogens with zero attached hydrogens (tertiary/aromatic N) is 6. The van der Waals surface area contributed by atoms with Crippen molar-refractivity contribution in [3.05, 3.63) is 52.2 Å². The molecule has 4 aromatic rings. The number of anilines is 2. The number of hydrogen-bond donors (Lipinski definition) is 2. The number of phenols is 1. The zero-order valence-corrected chi connectivity index (χ0v) is 27.0. The summed E-state index contributed by atoms with van der Waals surface area (Å²) in [6, 6.07) is 2.94. The smallest absolute Gasteiger partial charge is 0.412 e. The Labute approximate surface area is 276 Å². The Balaban J connectivity index is 1.30. The molecule has 0 atom stereocenters. The molecule has 2 saturated heterocycles. The molecule has 13 nitrogen and oxygen atoms in total. The maximum Gasteiger partial charge on any atom is 0.412 e. The highest BCUT2D eigenvalue weighted by Crippen LogP contribution is 2.33. The van der Waals surface area contributed by atoms with Crippen molar-refractivity contribution in [1.29, 1.82) is 0 Å². The zero-order valence-electron chi connectivity index (χ0n) is 26.1. The number of benzene rings is 1. The van der Waals surface area contributed by atoms with Crippen molar-refractivity contribution < 1.29 is 37.0 Å². The maximum absolute atomic E-state index is 14.2. The average Bonchev–Trinajstić information content (AvgIpc) is 3.74. The molecular formula is C31H34F3N7O6S. The zero-order chi connectivity index (χ0) is 34.2. The van der Waals surface area contributed by atoms with Crippen LogP contribution in [0.5, 0.6) is 5.75 Å². The predicted molar refractivity (Wildman–Crippen MR) is 173 cm³/mol. The summed E-state index contributed by atoms with van der Waals surface area (Å²) in [6.07, 6.45) is -3.43. The Morgan fingerprint density at radius 3 is 2.52 bits per heavy atom. The van der Waals surface area contributed by atoms with Crippen LogP contribution in [-0.4, -0.2) is 102 Å². The van der Waals surface area contributed by atoms with Crippen LogP contribution in [0.15, 0.2) is 39.9 Å². The van der Waals surface area contributed by atoms with Gasteiger partial charge in [-0.3, -0.25) is 14.4 Å². The molecule has 0 unspecified atom stereocenters. The van der Waals surface area contributed by atoms with Gasteiger partial charge >= 0.3 is 6.18 Å². The summed E-state index contributed by atoms with van der Waals surface area (Å²) in [4.78, 5) is 55.5. The highest BCUT2D eigenvalue weighted by atomic mass is 32.1. The molecule has 0 radical (unpaired) electrons. The van der Waals surface area contributed by atoms with Crippen LogP contribution in [0.2, 0.25) is 0 Å². The molecule has 0 aliphatic carbocycles. The first-order valence-corrected chi connectivity index (χ1v) is 16.3. The summed E-state index contributed by atoms with van der Waals surface area (Å²) < 4.78 is 51.3. The largest absolute Gasteiger partial charge is 0.507 e. The molecule has 5 heterocycles. The van der Waals surface area contributed by atoms with Crippen molar-refractivity contribution in [2.75, 3.05) is 68.8 Å². The number of alkyl halides is 3. The lowest BCUT2D eigenvalue weighted by molar-refractivity contribution is -0.121. The van der Waals surface area contributed by atoms with E-state index in [9.17, 15) is 32.7 Å².